The van der Waals surface area contributed by atoms with Crippen LogP contribution in [-0.4, -0.2) is 22.8 Å². The first kappa shape index (κ1) is 18.8. The summed E-state index contributed by atoms with van der Waals surface area (Å²) in [7, 11) is 0. The second-order valence-corrected chi connectivity index (χ2v) is 7.14. The number of halogens is 1. The van der Waals surface area contributed by atoms with Crippen LogP contribution >= 0.6 is 11.3 Å². The maximum Gasteiger partial charge on any atom is 0.307 e. The van der Waals surface area contributed by atoms with Crippen molar-refractivity contribution < 1.29 is 23.9 Å². The number of aryl methyl sites for hydroxylation is 2. The molecule has 1 heterocycles. The number of hydrogen-bond acceptors (Lipinski definition) is 4. The van der Waals surface area contributed by atoms with Crippen molar-refractivity contribution in [3.05, 3.63) is 51.0 Å². The van der Waals surface area contributed by atoms with E-state index in [2.05, 4.69) is 5.32 Å². The fourth-order valence-electron chi connectivity index (χ4n) is 2.42. The van der Waals surface area contributed by atoms with Gasteiger partial charge in [-0.2, -0.15) is 0 Å². The molecule has 0 fully saturated rings. The third-order valence-electron chi connectivity index (χ3n) is 3.60. The van der Waals surface area contributed by atoms with Gasteiger partial charge in [0.25, 0.3) is 0 Å². The molecule has 0 atom stereocenters. The molecule has 0 saturated heterocycles. The number of ketones is 1. The highest BCUT2D eigenvalue weighted by Crippen LogP contribution is 2.22. The quantitative estimate of drug-likeness (QED) is 0.734. The molecular formula is C18H18FNO4S. The summed E-state index contributed by atoms with van der Waals surface area (Å²) in [6.07, 6.45) is -0.359. The Hall–Kier alpha value is -2.54. The Labute approximate surface area is 148 Å². The van der Waals surface area contributed by atoms with Gasteiger partial charge in [-0.3, -0.25) is 14.4 Å². The van der Waals surface area contributed by atoms with Gasteiger partial charge >= 0.3 is 5.97 Å². The minimum absolute atomic E-state index is 0.00827. The van der Waals surface area contributed by atoms with Crippen LogP contribution in [0.15, 0.2) is 24.3 Å². The smallest absolute Gasteiger partial charge is 0.307 e. The zero-order chi connectivity index (χ0) is 18.6. The molecule has 1 aromatic carbocycles. The highest BCUT2D eigenvalue weighted by Gasteiger charge is 2.14. The van der Waals surface area contributed by atoms with E-state index in [0.29, 0.717) is 5.56 Å². The molecule has 2 rings (SSSR count). The molecule has 25 heavy (non-hydrogen) atoms. The van der Waals surface area contributed by atoms with Crippen LogP contribution in [0.5, 0.6) is 0 Å². The van der Waals surface area contributed by atoms with E-state index in [4.69, 9.17) is 5.11 Å². The first-order chi connectivity index (χ1) is 11.8. The number of carbonyl (C=O) groups excluding carboxylic acids is 2. The largest absolute Gasteiger partial charge is 0.481 e. The summed E-state index contributed by atoms with van der Waals surface area (Å²) in [6.45, 7) is 3.79. The van der Waals surface area contributed by atoms with Gasteiger partial charge in [-0.1, -0.05) is 6.07 Å². The lowest BCUT2D eigenvalue weighted by molar-refractivity contribution is -0.136. The molecule has 0 unspecified atom stereocenters. The summed E-state index contributed by atoms with van der Waals surface area (Å²) in [6, 6.07) is 5.65. The second kappa shape index (κ2) is 8.02. The lowest BCUT2D eigenvalue weighted by atomic mass is 10.1. The van der Waals surface area contributed by atoms with E-state index < -0.39 is 24.1 Å². The van der Waals surface area contributed by atoms with Crippen molar-refractivity contribution in [1.29, 1.82) is 0 Å². The predicted molar refractivity (Wildman–Crippen MR) is 93.7 cm³/mol. The Bertz CT molecular complexity index is 828. The van der Waals surface area contributed by atoms with Gasteiger partial charge in [-0.15, -0.1) is 11.3 Å². The summed E-state index contributed by atoms with van der Waals surface area (Å²) in [4.78, 5) is 36.7. The Morgan fingerprint density at radius 3 is 2.44 bits per heavy atom. The molecule has 0 spiro atoms. The Kier molecular flexibility index (Phi) is 6.03. The lowest BCUT2D eigenvalue weighted by Crippen LogP contribution is -2.14. The van der Waals surface area contributed by atoms with E-state index in [9.17, 15) is 18.8 Å². The van der Waals surface area contributed by atoms with Gasteiger partial charge in [0.1, 0.15) is 5.82 Å². The zero-order valence-corrected chi connectivity index (χ0v) is 14.7. The van der Waals surface area contributed by atoms with Crippen LogP contribution in [0.3, 0.4) is 0 Å². The zero-order valence-electron chi connectivity index (χ0n) is 13.9. The number of rotatable bonds is 7. The molecule has 0 radical (unpaired) electrons. The van der Waals surface area contributed by atoms with Crippen LogP contribution in [0.4, 0.5) is 10.1 Å². The number of anilines is 1. The fraction of sp³-hybridized carbons (Fsp3) is 0.278. The second-order valence-electron chi connectivity index (χ2n) is 5.67. The summed E-state index contributed by atoms with van der Waals surface area (Å²) in [5, 5.41) is 11.2. The number of Topliss-reactive ketones (excluding diaryl/α,β-unsaturated/α-hetero) is 1. The minimum Gasteiger partial charge on any atom is -0.481 e. The molecule has 0 aliphatic heterocycles. The van der Waals surface area contributed by atoms with Crippen molar-refractivity contribution in [2.75, 3.05) is 5.32 Å². The third kappa shape index (κ3) is 5.22. The van der Waals surface area contributed by atoms with Crippen LogP contribution in [-0.2, 0) is 16.0 Å². The van der Waals surface area contributed by atoms with Crippen LogP contribution in [0, 0.1) is 19.7 Å². The average Bonchev–Trinajstić information content (AvgIpc) is 2.86. The third-order valence-corrected chi connectivity index (χ3v) is 4.56. The summed E-state index contributed by atoms with van der Waals surface area (Å²) >= 11 is 1.54. The van der Waals surface area contributed by atoms with Crippen LogP contribution in [0.2, 0.25) is 0 Å². The summed E-state index contributed by atoms with van der Waals surface area (Å²) in [5.41, 5.74) is 0.912. The SMILES string of the molecule is Cc1cc(C(=O)CCC(=O)Nc2ccc(CC(=O)O)c(F)c2)c(C)s1. The van der Waals surface area contributed by atoms with Crippen molar-refractivity contribution in [2.45, 2.75) is 33.1 Å². The number of nitrogens with one attached hydrogen (secondary N) is 1. The predicted octanol–water partition coefficient (Wildman–Crippen LogP) is 3.73. The molecule has 132 valence electrons. The van der Waals surface area contributed by atoms with E-state index in [1.165, 1.54) is 23.5 Å². The molecule has 0 saturated carbocycles. The number of hydrogen-bond donors (Lipinski definition) is 2. The Balaban J connectivity index is 1.92. The average molecular weight is 363 g/mol. The lowest BCUT2D eigenvalue weighted by Gasteiger charge is -2.07. The van der Waals surface area contributed by atoms with Gasteiger partial charge in [0, 0.05) is 33.8 Å². The van der Waals surface area contributed by atoms with E-state index in [1.54, 1.807) is 0 Å². The number of benzene rings is 1. The van der Waals surface area contributed by atoms with Crippen molar-refractivity contribution in [3.63, 3.8) is 0 Å². The van der Waals surface area contributed by atoms with Gasteiger partial charge in [-0.05, 0) is 37.6 Å². The van der Waals surface area contributed by atoms with E-state index in [-0.39, 0.29) is 29.9 Å². The van der Waals surface area contributed by atoms with E-state index in [0.717, 1.165) is 15.8 Å². The van der Waals surface area contributed by atoms with Crippen molar-refractivity contribution >= 4 is 34.7 Å². The number of carboxylic acid groups (broad SMARTS) is 1. The van der Waals surface area contributed by atoms with Gasteiger partial charge in [0.2, 0.25) is 5.91 Å². The number of carboxylic acids is 1. The number of amides is 1. The molecule has 2 N–H and O–H groups in total. The van der Waals surface area contributed by atoms with Crippen molar-refractivity contribution in [1.82, 2.24) is 0 Å². The highest BCUT2D eigenvalue weighted by atomic mass is 32.1. The topological polar surface area (TPSA) is 83.5 Å². The number of thiophene rings is 1. The summed E-state index contributed by atoms with van der Waals surface area (Å²) in [5.74, 6) is -2.32. The molecule has 0 aliphatic carbocycles. The normalized spacial score (nSPS) is 10.5. The number of aliphatic carboxylic acids is 1. The molecule has 5 nitrogen and oxygen atoms in total. The van der Waals surface area contributed by atoms with Gasteiger partial charge in [-0.25, -0.2) is 4.39 Å². The van der Waals surface area contributed by atoms with E-state index in [1.807, 2.05) is 19.9 Å². The van der Waals surface area contributed by atoms with Crippen molar-refractivity contribution in [3.8, 4) is 0 Å². The standard InChI is InChI=1S/C18H18FNO4S/c1-10-7-14(11(2)25-10)16(21)5-6-17(22)20-13-4-3-12(8-18(23)24)15(19)9-13/h3-4,7,9H,5-6,8H2,1-2H3,(H,20,22)(H,23,24). The monoisotopic (exact) mass is 363 g/mol. The summed E-state index contributed by atoms with van der Waals surface area (Å²) < 4.78 is 13.8. The first-order valence-electron chi connectivity index (χ1n) is 7.66. The minimum atomic E-state index is -1.13. The molecule has 7 heteroatoms. The van der Waals surface area contributed by atoms with Crippen LogP contribution in [0.25, 0.3) is 0 Å². The van der Waals surface area contributed by atoms with Gasteiger partial charge < -0.3 is 10.4 Å². The molecular weight excluding hydrogens is 345 g/mol. The van der Waals surface area contributed by atoms with Gasteiger partial charge in [0.05, 0.1) is 6.42 Å². The van der Waals surface area contributed by atoms with Crippen LogP contribution in [0.1, 0.15) is 38.5 Å². The van der Waals surface area contributed by atoms with E-state index >= 15 is 0 Å². The Morgan fingerprint density at radius 1 is 1.16 bits per heavy atom. The fourth-order valence-corrected chi connectivity index (χ4v) is 3.37. The first-order valence-corrected chi connectivity index (χ1v) is 8.48. The maximum absolute atomic E-state index is 13.8. The Morgan fingerprint density at radius 2 is 1.88 bits per heavy atom. The molecule has 0 aliphatic rings. The maximum atomic E-state index is 13.8. The highest BCUT2D eigenvalue weighted by molar-refractivity contribution is 7.12. The van der Waals surface area contributed by atoms with Gasteiger partial charge in [0.15, 0.2) is 5.78 Å². The molecule has 2 aromatic rings. The van der Waals surface area contributed by atoms with Crippen molar-refractivity contribution in [2.24, 2.45) is 0 Å². The number of carbonyl (C=O) groups is 3. The molecule has 0 bridgehead atoms. The molecule has 1 amide bonds. The molecule has 1 aromatic heterocycles. The van der Waals surface area contributed by atoms with Crippen LogP contribution < -0.4 is 5.32 Å².